The largest absolute Gasteiger partial charge is 0.394 e. The lowest BCUT2D eigenvalue weighted by molar-refractivity contribution is -0.125. The van der Waals surface area contributed by atoms with E-state index in [4.69, 9.17) is 16.9 Å². The first-order valence-corrected chi connectivity index (χ1v) is 9.13. The number of carbonyl (C=O) groups excluding carboxylic acids is 2. The predicted octanol–water partition coefficient (Wildman–Crippen LogP) is 3.32. The van der Waals surface area contributed by atoms with Crippen molar-refractivity contribution in [3.05, 3.63) is 76.1 Å². The summed E-state index contributed by atoms with van der Waals surface area (Å²) in [6, 6.07) is 12.2. The number of urea groups is 1. The van der Waals surface area contributed by atoms with Crippen molar-refractivity contribution >= 4 is 40.5 Å². The average Bonchev–Trinajstić information content (AvgIpc) is 3.24. The predicted molar refractivity (Wildman–Crippen MR) is 108 cm³/mol. The molecule has 3 amide bonds. The molecule has 8 heteroatoms. The molecule has 1 aliphatic heterocycles. The average molecular weight is 407 g/mol. The monoisotopic (exact) mass is 406 g/mol. The molecule has 3 aromatic rings. The normalized spacial score (nSPS) is 16.3. The second kappa shape index (κ2) is 7.43. The molecular weight excluding hydrogens is 392 g/mol. The Labute approximate surface area is 170 Å². The number of rotatable bonds is 4. The van der Waals surface area contributed by atoms with Crippen LogP contribution in [-0.4, -0.2) is 33.5 Å². The molecule has 1 saturated heterocycles. The molecule has 29 heavy (non-hydrogen) atoms. The van der Waals surface area contributed by atoms with Gasteiger partial charge in [0.1, 0.15) is 5.70 Å². The molecule has 0 saturated carbocycles. The molecule has 1 aromatic heterocycles. The molecule has 1 fully saturated rings. The molecule has 4 rings (SSSR count). The van der Waals surface area contributed by atoms with Gasteiger partial charge in [-0.15, -0.1) is 0 Å². The molecule has 144 valence electrons. The second-order valence-electron chi connectivity index (χ2n) is 6.53. The Morgan fingerprint density at radius 2 is 1.97 bits per heavy atom. The van der Waals surface area contributed by atoms with Gasteiger partial charge in [0, 0.05) is 27.7 Å². The Morgan fingerprint density at radius 3 is 2.66 bits per heavy atom. The summed E-state index contributed by atoms with van der Waals surface area (Å²) in [4.78, 5) is 29.5. The van der Waals surface area contributed by atoms with E-state index in [0.717, 1.165) is 21.4 Å². The Morgan fingerprint density at radius 1 is 1.21 bits per heavy atom. The van der Waals surface area contributed by atoms with Gasteiger partial charge in [0.05, 0.1) is 24.3 Å². The van der Waals surface area contributed by atoms with Crippen molar-refractivity contribution in [3.63, 3.8) is 0 Å². The van der Waals surface area contributed by atoms with Gasteiger partial charge in [0.25, 0.3) is 5.91 Å². The topological polar surface area (TPSA) is 109 Å². The molecule has 1 unspecified atom stereocenters. The van der Waals surface area contributed by atoms with E-state index in [0.29, 0.717) is 16.1 Å². The maximum Gasteiger partial charge on any atom is 0.329 e. The number of H-pyrrole nitrogens is 1. The number of nitrogens with zero attached hydrogens (tertiary/aromatic N) is 2. The lowest BCUT2D eigenvalue weighted by Crippen LogP contribution is -2.36. The van der Waals surface area contributed by atoms with Gasteiger partial charge in [-0.2, -0.15) is 5.26 Å². The van der Waals surface area contributed by atoms with Gasteiger partial charge in [-0.25, -0.2) is 9.69 Å². The third kappa shape index (κ3) is 3.36. The fourth-order valence-electron chi connectivity index (χ4n) is 3.34. The summed E-state index contributed by atoms with van der Waals surface area (Å²) in [6.45, 7) is -0.441. The lowest BCUT2D eigenvalue weighted by Gasteiger charge is -2.23. The first-order chi connectivity index (χ1) is 14.0. The summed E-state index contributed by atoms with van der Waals surface area (Å²) in [6.07, 6.45) is 3.31. The molecule has 0 bridgehead atoms. The number of aromatic amines is 1. The van der Waals surface area contributed by atoms with Gasteiger partial charge in [-0.05, 0) is 35.9 Å². The van der Waals surface area contributed by atoms with Crippen LogP contribution >= 0.6 is 11.6 Å². The highest BCUT2D eigenvalue weighted by atomic mass is 35.5. The fourth-order valence-corrected chi connectivity index (χ4v) is 3.52. The number of nitrogens with one attached hydrogen (secondary N) is 2. The molecule has 7 nitrogen and oxygen atoms in total. The number of aromatic nitrogens is 1. The van der Waals surface area contributed by atoms with Crippen molar-refractivity contribution in [2.75, 3.05) is 6.61 Å². The van der Waals surface area contributed by atoms with E-state index in [1.807, 2.05) is 12.1 Å². The molecule has 1 atom stereocenters. The number of amides is 3. The van der Waals surface area contributed by atoms with Gasteiger partial charge in [0.2, 0.25) is 0 Å². The number of aliphatic hydroxyl groups is 1. The Bertz CT molecular complexity index is 1190. The minimum absolute atomic E-state index is 0.109. The van der Waals surface area contributed by atoms with E-state index in [1.54, 1.807) is 48.7 Å². The van der Waals surface area contributed by atoms with Crippen LogP contribution in [0.25, 0.3) is 17.0 Å². The summed E-state index contributed by atoms with van der Waals surface area (Å²) >= 11 is 5.99. The summed E-state index contributed by atoms with van der Waals surface area (Å²) < 4.78 is 0. The van der Waals surface area contributed by atoms with Gasteiger partial charge in [-0.1, -0.05) is 29.8 Å². The first kappa shape index (κ1) is 18.7. The standard InChI is InChI=1S/C21H15ClN4O3/c22-15-5-6-16-14(10-24-17(16)8-15)7-18-20(28)26(21(29)25-18)19(11-27)13-3-1-12(9-23)2-4-13/h1-8,10,19,24,27H,11H2,(H,25,29). The van der Waals surface area contributed by atoms with Crippen molar-refractivity contribution < 1.29 is 14.7 Å². The Hall–Kier alpha value is -3.60. The number of benzene rings is 2. The maximum atomic E-state index is 12.9. The molecule has 3 N–H and O–H groups in total. The molecule has 2 heterocycles. The van der Waals surface area contributed by atoms with E-state index in [9.17, 15) is 14.7 Å². The van der Waals surface area contributed by atoms with Gasteiger partial charge in [-0.3, -0.25) is 4.79 Å². The van der Waals surface area contributed by atoms with E-state index in [-0.39, 0.29) is 5.70 Å². The number of imide groups is 1. The van der Waals surface area contributed by atoms with Crippen LogP contribution in [0, 0.1) is 11.3 Å². The zero-order chi connectivity index (χ0) is 20.5. The number of carbonyl (C=O) groups is 2. The number of aliphatic hydroxyl groups excluding tert-OH is 1. The van der Waals surface area contributed by atoms with Gasteiger partial charge in [0.15, 0.2) is 0 Å². The maximum absolute atomic E-state index is 12.9. The van der Waals surface area contributed by atoms with Crippen molar-refractivity contribution in [3.8, 4) is 6.07 Å². The highest BCUT2D eigenvalue weighted by Crippen LogP contribution is 2.28. The lowest BCUT2D eigenvalue weighted by atomic mass is 10.0. The van der Waals surface area contributed by atoms with E-state index >= 15 is 0 Å². The van der Waals surface area contributed by atoms with Gasteiger partial charge >= 0.3 is 6.03 Å². The molecule has 0 radical (unpaired) electrons. The van der Waals surface area contributed by atoms with Crippen molar-refractivity contribution in [1.82, 2.24) is 15.2 Å². The van der Waals surface area contributed by atoms with Crippen molar-refractivity contribution in [1.29, 1.82) is 5.26 Å². The van der Waals surface area contributed by atoms with Crippen LogP contribution in [0.2, 0.25) is 5.02 Å². The number of fused-ring (bicyclic) bond motifs is 1. The van der Waals surface area contributed by atoms with Crippen molar-refractivity contribution in [2.24, 2.45) is 0 Å². The number of hydrogen-bond donors (Lipinski definition) is 3. The highest BCUT2D eigenvalue weighted by molar-refractivity contribution is 6.31. The number of halogens is 1. The minimum Gasteiger partial charge on any atom is -0.394 e. The van der Waals surface area contributed by atoms with Crippen LogP contribution in [0.4, 0.5) is 4.79 Å². The van der Waals surface area contributed by atoms with Crippen molar-refractivity contribution in [2.45, 2.75) is 6.04 Å². The summed E-state index contributed by atoms with van der Waals surface area (Å²) in [5.41, 5.74) is 2.64. The van der Waals surface area contributed by atoms with Crippen LogP contribution in [0.5, 0.6) is 0 Å². The second-order valence-corrected chi connectivity index (χ2v) is 6.97. The van der Waals surface area contributed by atoms with Crippen LogP contribution in [-0.2, 0) is 4.79 Å². The van der Waals surface area contributed by atoms with Crippen LogP contribution in [0.15, 0.2) is 54.4 Å². The zero-order valence-corrected chi connectivity index (χ0v) is 15.8. The summed E-state index contributed by atoms with van der Waals surface area (Å²) in [7, 11) is 0. The fraction of sp³-hybridized carbons (Fsp3) is 0.0952. The Kier molecular flexibility index (Phi) is 4.80. The molecule has 1 aliphatic rings. The zero-order valence-electron chi connectivity index (χ0n) is 15.0. The van der Waals surface area contributed by atoms with E-state index < -0.39 is 24.6 Å². The third-order valence-electron chi connectivity index (χ3n) is 4.79. The Balaban J connectivity index is 1.66. The molecule has 2 aromatic carbocycles. The number of hydrogen-bond acceptors (Lipinski definition) is 4. The molecule has 0 aliphatic carbocycles. The highest BCUT2D eigenvalue weighted by Gasteiger charge is 2.39. The smallest absolute Gasteiger partial charge is 0.329 e. The SMILES string of the molecule is N#Cc1ccc(C(CO)N2C(=O)NC(=Cc3c[nH]c4cc(Cl)ccc34)C2=O)cc1. The molecule has 0 spiro atoms. The first-order valence-electron chi connectivity index (χ1n) is 8.75. The van der Waals surface area contributed by atoms with Crippen LogP contribution < -0.4 is 5.32 Å². The van der Waals surface area contributed by atoms with Gasteiger partial charge < -0.3 is 15.4 Å². The third-order valence-corrected chi connectivity index (χ3v) is 5.03. The quantitative estimate of drug-likeness (QED) is 0.456. The number of nitriles is 1. The summed E-state index contributed by atoms with van der Waals surface area (Å²) in [5.74, 6) is -0.540. The van der Waals surface area contributed by atoms with E-state index in [2.05, 4.69) is 10.3 Å². The van der Waals surface area contributed by atoms with Crippen LogP contribution in [0.1, 0.15) is 22.7 Å². The summed E-state index contributed by atoms with van der Waals surface area (Å²) in [5, 5.41) is 22.8. The molecular formula is C21H15ClN4O3. The minimum atomic E-state index is -0.858. The van der Waals surface area contributed by atoms with E-state index in [1.165, 1.54) is 0 Å². The van der Waals surface area contributed by atoms with Crippen LogP contribution in [0.3, 0.4) is 0 Å².